The maximum Gasteiger partial charge on any atom is 0.303 e. The van der Waals surface area contributed by atoms with Crippen molar-refractivity contribution in [3.63, 3.8) is 0 Å². The summed E-state index contributed by atoms with van der Waals surface area (Å²) in [7, 11) is 0. The van der Waals surface area contributed by atoms with Crippen molar-refractivity contribution in [3.8, 4) is 0 Å². The molecule has 0 radical (unpaired) electrons. The number of aliphatic carboxylic acids is 1. The first-order valence-electron chi connectivity index (χ1n) is 6.07. The summed E-state index contributed by atoms with van der Waals surface area (Å²) in [5.74, 6) is -1.09. The van der Waals surface area contributed by atoms with E-state index in [9.17, 15) is 9.59 Å². The highest BCUT2D eigenvalue weighted by molar-refractivity contribution is 7.98. The van der Waals surface area contributed by atoms with Crippen LogP contribution in [-0.2, 0) is 4.79 Å². The van der Waals surface area contributed by atoms with Gasteiger partial charge >= 0.3 is 5.97 Å². The number of rotatable bonds is 7. The number of carbonyl (C=O) groups is 2. The predicted molar refractivity (Wildman–Crippen MR) is 74.4 cm³/mol. The van der Waals surface area contributed by atoms with E-state index in [2.05, 4.69) is 10.3 Å². The average Bonchev–Trinajstić information content (AvgIpc) is 2.42. The summed E-state index contributed by atoms with van der Waals surface area (Å²) in [6.45, 7) is 2.28. The predicted octanol–water partition coefficient (Wildman–Crippen LogP) is 2.03. The summed E-state index contributed by atoms with van der Waals surface area (Å²) in [6, 6.07) is 3.43. The molecule has 1 atom stereocenters. The Morgan fingerprint density at radius 3 is 2.84 bits per heavy atom. The van der Waals surface area contributed by atoms with Gasteiger partial charge in [0.2, 0.25) is 0 Å². The van der Waals surface area contributed by atoms with Gasteiger partial charge in [-0.15, -0.1) is 11.8 Å². The van der Waals surface area contributed by atoms with Crippen molar-refractivity contribution in [2.24, 2.45) is 5.92 Å². The molecule has 1 heterocycles. The van der Waals surface area contributed by atoms with Crippen molar-refractivity contribution in [3.05, 3.63) is 23.9 Å². The molecule has 0 bridgehead atoms. The second-order valence-electron chi connectivity index (χ2n) is 4.14. The number of aromatic nitrogens is 1. The lowest BCUT2D eigenvalue weighted by Gasteiger charge is -2.14. The number of carboxylic acids is 1. The van der Waals surface area contributed by atoms with Gasteiger partial charge in [0.25, 0.3) is 5.91 Å². The Kier molecular flexibility index (Phi) is 6.35. The lowest BCUT2D eigenvalue weighted by atomic mass is 10.0. The van der Waals surface area contributed by atoms with Crippen LogP contribution in [0.3, 0.4) is 0 Å². The molecule has 0 saturated carbocycles. The third-order valence-electron chi connectivity index (χ3n) is 2.80. The Hall–Kier alpha value is -1.56. The van der Waals surface area contributed by atoms with Gasteiger partial charge in [0.15, 0.2) is 0 Å². The number of nitrogens with one attached hydrogen (secondary N) is 1. The van der Waals surface area contributed by atoms with E-state index in [1.54, 1.807) is 18.3 Å². The number of thioether (sulfide) groups is 1. The maximum atomic E-state index is 12.0. The van der Waals surface area contributed by atoms with Crippen molar-refractivity contribution in [2.45, 2.75) is 24.8 Å². The molecule has 0 aliphatic heterocycles. The molecule has 1 aromatic heterocycles. The monoisotopic (exact) mass is 282 g/mol. The van der Waals surface area contributed by atoms with Gasteiger partial charge < -0.3 is 10.4 Å². The van der Waals surface area contributed by atoms with Crippen molar-refractivity contribution in [2.75, 3.05) is 12.8 Å². The molecule has 0 aliphatic rings. The first-order valence-corrected chi connectivity index (χ1v) is 7.30. The molecular formula is C13H18N2O3S. The van der Waals surface area contributed by atoms with Crippen molar-refractivity contribution in [1.82, 2.24) is 10.3 Å². The van der Waals surface area contributed by atoms with Gasteiger partial charge in [0.1, 0.15) is 5.03 Å². The zero-order chi connectivity index (χ0) is 14.3. The van der Waals surface area contributed by atoms with Gasteiger partial charge in [-0.05, 0) is 24.3 Å². The number of hydrogen-bond donors (Lipinski definition) is 2. The van der Waals surface area contributed by atoms with Crippen LogP contribution in [0.25, 0.3) is 0 Å². The number of hydrogen-bond acceptors (Lipinski definition) is 4. The Labute approximate surface area is 116 Å². The smallest absolute Gasteiger partial charge is 0.303 e. The van der Waals surface area contributed by atoms with E-state index in [0.717, 1.165) is 6.42 Å². The van der Waals surface area contributed by atoms with E-state index < -0.39 is 5.97 Å². The first kappa shape index (κ1) is 15.5. The molecule has 0 fully saturated rings. The van der Waals surface area contributed by atoms with E-state index in [1.165, 1.54) is 11.8 Å². The molecule has 1 rings (SSSR count). The van der Waals surface area contributed by atoms with Gasteiger partial charge in [0.05, 0.1) is 5.56 Å². The van der Waals surface area contributed by atoms with E-state index in [-0.39, 0.29) is 18.2 Å². The third kappa shape index (κ3) is 4.90. The topological polar surface area (TPSA) is 79.3 Å². The fourth-order valence-electron chi connectivity index (χ4n) is 1.67. The molecule has 0 saturated heterocycles. The van der Waals surface area contributed by atoms with Gasteiger partial charge in [-0.2, -0.15) is 0 Å². The molecule has 2 N–H and O–H groups in total. The van der Waals surface area contributed by atoms with Crippen LogP contribution < -0.4 is 5.32 Å². The number of pyridine rings is 1. The van der Waals surface area contributed by atoms with Crippen LogP contribution >= 0.6 is 11.8 Å². The minimum absolute atomic E-state index is 0.0455. The van der Waals surface area contributed by atoms with Gasteiger partial charge in [-0.1, -0.05) is 13.3 Å². The highest BCUT2D eigenvalue weighted by atomic mass is 32.2. The Morgan fingerprint density at radius 2 is 2.26 bits per heavy atom. The standard InChI is InChI=1S/C13H18N2O3S/c1-3-9(7-11(16)17)8-15-12(18)10-5-4-6-14-13(10)19-2/h4-6,9H,3,7-8H2,1-2H3,(H,15,18)(H,16,17). The summed E-state index contributed by atoms with van der Waals surface area (Å²) in [5, 5.41) is 12.2. The van der Waals surface area contributed by atoms with E-state index >= 15 is 0 Å². The average molecular weight is 282 g/mol. The SMILES string of the molecule is CCC(CNC(=O)c1cccnc1SC)CC(=O)O. The third-order valence-corrected chi connectivity index (χ3v) is 3.51. The van der Waals surface area contributed by atoms with Crippen LogP contribution in [0.2, 0.25) is 0 Å². The Balaban J connectivity index is 2.61. The van der Waals surface area contributed by atoms with Crippen LogP contribution in [0.1, 0.15) is 30.1 Å². The number of carbonyl (C=O) groups excluding carboxylic acids is 1. The Morgan fingerprint density at radius 1 is 1.53 bits per heavy atom. The van der Waals surface area contributed by atoms with Crippen molar-refractivity contribution < 1.29 is 14.7 Å². The molecule has 104 valence electrons. The zero-order valence-corrected chi connectivity index (χ0v) is 11.9. The summed E-state index contributed by atoms with van der Waals surface area (Å²) in [6.07, 6.45) is 4.29. The maximum absolute atomic E-state index is 12.0. The molecule has 1 amide bonds. The highest BCUT2D eigenvalue weighted by Crippen LogP contribution is 2.16. The lowest BCUT2D eigenvalue weighted by Crippen LogP contribution is -2.30. The second kappa shape index (κ2) is 7.78. The molecule has 19 heavy (non-hydrogen) atoms. The Bertz CT molecular complexity index is 451. The van der Waals surface area contributed by atoms with Crippen molar-refractivity contribution in [1.29, 1.82) is 0 Å². The molecule has 0 aliphatic carbocycles. The summed E-state index contributed by atoms with van der Waals surface area (Å²) >= 11 is 1.41. The van der Waals surface area contributed by atoms with E-state index in [0.29, 0.717) is 17.1 Å². The first-order chi connectivity index (χ1) is 9.08. The van der Waals surface area contributed by atoms with Crippen LogP contribution in [0, 0.1) is 5.92 Å². The molecule has 1 unspecified atom stereocenters. The minimum atomic E-state index is -0.840. The minimum Gasteiger partial charge on any atom is -0.481 e. The zero-order valence-electron chi connectivity index (χ0n) is 11.0. The van der Waals surface area contributed by atoms with Gasteiger partial charge in [-0.25, -0.2) is 4.98 Å². The quantitative estimate of drug-likeness (QED) is 0.748. The largest absolute Gasteiger partial charge is 0.481 e. The van der Waals surface area contributed by atoms with Crippen LogP contribution in [0.15, 0.2) is 23.4 Å². The number of amides is 1. The van der Waals surface area contributed by atoms with Crippen LogP contribution in [-0.4, -0.2) is 34.8 Å². The number of carboxylic acid groups (broad SMARTS) is 1. The van der Waals surface area contributed by atoms with Crippen LogP contribution in [0.4, 0.5) is 0 Å². The normalized spacial score (nSPS) is 11.9. The fraction of sp³-hybridized carbons (Fsp3) is 0.462. The highest BCUT2D eigenvalue weighted by Gasteiger charge is 2.15. The molecule has 1 aromatic rings. The van der Waals surface area contributed by atoms with E-state index in [1.807, 2.05) is 13.2 Å². The van der Waals surface area contributed by atoms with E-state index in [4.69, 9.17) is 5.11 Å². The van der Waals surface area contributed by atoms with Gasteiger partial charge in [-0.3, -0.25) is 9.59 Å². The molecule has 0 spiro atoms. The van der Waals surface area contributed by atoms with Crippen LogP contribution in [0.5, 0.6) is 0 Å². The van der Waals surface area contributed by atoms with Gasteiger partial charge in [0, 0.05) is 19.2 Å². The summed E-state index contributed by atoms with van der Waals surface area (Å²) in [5.41, 5.74) is 0.528. The molecule has 0 aromatic carbocycles. The molecular weight excluding hydrogens is 264 g/mol. The summed E-state index contributed by atoms with van der Waals surface area (Å²) in [4.78, 5) is 26.8. The lowest BCUT2D eigenvalue weighted by molar-refractivity contribution is -0.138. The fourth-order valence-corrected chi connectivity index (χ4v) is 2.21. The second-order valence-corrected chi connectivity index (χ2v) is 4.94. The van der Waals surface area contributed by atoms with Crippen molar-refractivity contribution >= 4 is 23.6 Å². The molecule has 6 heteroatoms. The molecule has 5 nitrogen and oxygen atoms in total. The number of nitrogens with zero attached hydrogens (tertiary/aromatic N) is 1. The summed E-state index contributed by atoms with van der Waals surface area (Å²) < 4.78 is 0.